The Morgan fingerprint density at radius 1 is 0.719 bits per heavy atom. The standard InChI is InChI=1S/C27H22O5/c1-2-26(28)29-19-27(31-21-13-7-4-8-14-21)32-25-18-17-24(22-15-9-10-16-23(22)25)30-20-11-5-3-6-12-20/h2-18,27H,1,19H2. The lowest BCUT2D eigenvalue weighted by molar-refractivity contribution is -0.145. The maximum atomic E-state index is 11.6. The van der Waals surface area contributed by atoms with Gasteiger partial charge in [-0.3, -0.25) is 0 Å². The van der Waals surface area contributed by atoms with E-state index < -0.39 is 12.3 Å². The highest BCUT2D eigenvalue weighted by Gasteiger charge is 2.18. The van der Waals surface area contributed by atoms with Crippen LogP contribution in [0.25, 0.3) is 10.8 Å². The largest absolute Gasteiger partial charge is 0.457 e. The van der Waals surface area contributed by atoms with E-state index in [9.17, 15) is 4.79 Å². The van der Waals surface area contributed by atoms with E-state index in [1.54, 1.807) is 12.1 Å². The first kappa shape index (κ1) is 21.0. The molecule has 0 N–H and O–H groups in total. The van der Waals surface area contributed by atoms with Crippen molar-refractivity contribution in [2.45, 2.75) is 6.29 Å². The van der Waals surface area contributed by atoms with E-state index in [2.05, 4.69) is 6.58 Å². The number of para-hydroxylation sites is 2. The lowest BCUT2D eigenvalue weighted by Crippen LogP contribution is -2.30. The van der Waals surface area contributed by atoms with Crippen LogP contribution in [0.3, 0.4) is 0 Å². The number of fused-ring (bicyclic) bond motifs is 1. The van der Waals surface area contributed by atoms with Crippen LogP contribution < -0.4 is 14.2 Å². The van der Waals surface area contributed by atoms with Crippen molar-refractivity contribution in [3.63, 3.8) is 0 Å². The van der Waals surface area contributed by atoms with Crippen molar-refractivity contribution in [2.24, 2.45) is 0 Å². The Labute approximate surface area is 186 Å². The fourth-order valence-corrected chi connectivity index (χ4v) is 3.14. The van der Waals surface area contributed by atoms with Gasteiger partial charge in [0, 0.05) is 16.8 Å². The van der Waals surface area contributed by atoms with Crippen molar-refractivity contribution in [3.05, 3.63) is 110 Å². The molecule has 0 spiro atoms. The minimum atomic E-state index is -0.856. The zero-order chi connectivity index (χ0) is 22.2. The lowest BCUT2D eigenvalue weighted by atomic mass is 10.1. The molecule has 1 unspecified atom stereocenters. The fourth-order valence-electron chi connectivity index (χ4n) is 3.14. The van der Waals surface area contributed by atoms with Gasteiger partial charge in [0.05, 0.1) is 0 Å². The topological polar surface area (TPSA) is 54.0 Å². The molecule has 0 bridgehead atoms. The van der Waals surface area contributed by atoms with Gasteiger partial charge in [0.2, 0.25) is 0 Å². The van der Waals surface area contributed by atoms with E-state index in [4.69, 9.17) is 18.9 Å². The first-order valence-electron chi connectivity index (χ1n) is 10.1. The molecule has 32 heavy (non-hydrogen) atoms. The van der Waals surface area contributed by atoms with Crippen LogP contribution in [-0.2, 0) is 9.53 Å². The third-order valence-electron chi connectivity index (χ3n) is 4.61. The Kier molecular flexibility index (Phi) is 6.68. The first-order valence-corrected chi connectivity index (χ1v) is 10.1. The van der Waals surface area contributed by atoms with Gasteiger partial charge in [0.15, 0.2) is 6.61 Å². The van der Waals surface area contributed by atoms with Crippen LogP contribution in [0.4, 0.5) is 0 Å². The Morgan fingerprint density at radius 2 is 1.28 bits per heavy atom. The third-order valence-corrected chi connectivity index (χ3v) is 4.61. The van der Waals surface area contributed by atoms with E-state index >= 15 is 0 Å². The van der Waals surface area contributed by atoms with Crippen LogP contribution in [0, 0.1) is 0 Å². The van der Waals surface area contributed by atoms with Crippen LogP contribution >= 0.6 is 0 Å². The van der Waals surface area contributed by atoms with Crippen molar-refractivity contribution in [3.8, 4) is 23.0 Å². The summed E-state index contributed by atoms with van der Waals surface area (Å²) < 4.78 is 23.3. The fraction of sp³-hybridized carbons (Fsp3) is 0.0741. The van der Waals surface area contributed by atoms with Crippen molar-refractivity contribution in [2.75, 3.05) is 6.61 Å². The van der Waals surface area contributed by atoms with E-state index in [1.807, 2.05) is 84.9 Å². The number of carbonyl (C=O) groups excluding carboxylic acids is 1. The van der Waals surface area contributed by atoms with E-state index in [0.717, 1.165) is 22.6 Å². The van der Waals surface area contributed by atoms with Gasteiger partial charge in [0.25, 0.3) is 6.29 Å². The van der Waals surface area contributed by atoms with Gasteiger partial charge < -0.3 is 18.9 Å². The van der Waals surface area contributed by atoms with Gasteiger partial charge in [-0.1, -0.05) is 67.2 Å². The first-order chi connectivity index (χ1) is 15.7. The minimum absolute atomic E-state index is 0.101. The predicted molar refractivity (Wildman–Crippen MR) is 123 cm³/mol. The average molecular weight is 426 g/mol. The number of hydrogen-bond donors (Lipinski definition) is 0. The van der Waals surface area contributed by atoms with Crippen LogP contribution in [-0.4, -0.2) is 18.9 Å². The minimum Gasteiger partial charge on any atom is -0.457 e. The SMILES string of the molecule is C=CC(=O)OCC(Oc1ccccc1)Oc1ccc(Oc2ccccc2)c2ccccc12. The molecule has 0 aliphatic rings. The monoisotopic (exact) mass is 426 g/mol. The number of ether oxygens (including phenoxy) is 4. The summed E-state index contributed by atoms with van der Waals surface area (Å²) in [4.78, 5) is 11.6. The summed E-state index contributed by atoms with van der Waals surface area (Å²) in [6.45, 7) is 3.32. The van der Waals surface area contributed by atoms with Gasteiger partial charge in [-0.2, -0.15) is 0 Å². The molecular formula is C27H22O5. The van der Waals surface area contributed by atoms with Crippen molar-refractivity contribution in [1.29, 1.82) is 0 Å². The molecule has 0 heterocycles. The van der Waals surface area contributed by atoms with Crippen molar-refractivity contribution < 1.29 is 23.7 Å². The van der Waals surface area contributed by atoms with Crippen LogP contribution in [0.15, 0.2) is 110 Å². The quantitative estimate of drug-likeness (QED) is 0.183. The van der Waals surface area contributed by atoms with Gasteiger partial charge >= 0.3 is 5.97 Å². The smallest absolute Gasteiger partial charge is 0.330 e. The molecule has 0 aromatic heterocycles. The number of carbonyl (C=O) groups is 1. The third kappa shape index (κ3) is 5.26. The second-order valence-electron chi connectivity index (χ2n) is 6.84. The summed E-state index contributed by atoms with van der Waals surface area (Å²) in [6, 6.07) is 30.2. The Morgan fingerprint density at radius 3 is 1.94 bits per heavy atom. The summed E-state index contributed by atoms with van der Waals surface area (Å²) >= 11 is 0. The van der Waals surface area contributed by atoms with Crippen molar-refractivity contribution >= 4 is 16.7 Å². The Balaban J connectivity index is 1.62. The molecule has 0 aliphatic heterocycles. The summed E-state index contributed by atoms with van der Waals surface area (Å²) in [5.41, 5.74) is 0. The number of hydrogen-bond acceptors (Lipinski definition) is 5. The second-order valence-corrected chi connectivity index (χ2v) is 6.84. The number of benzene rings is 4. The molecule has 4 aromatic carbocycles. The molecule has 5 nitrogen and oxygen atoms in total. The highest BCUT2D eigenvalue weighted by Crippen LogP contribution is 2.36. The maximum Gasteiger partial charge on any atom is 0.330 e. The van der Waals surface area contributed by atoms with E-state index in [1.165, 1.54) is 0 Å². The van der Waals surface area contributed by atoms with Gasteiger partial charge in [0.1, 0.15) is 23.0 Å². The Bertz CT molecular complexity index is 1190. The molecule has 0 amide bonds. The summed E-state index contributed by atoms with van der Waals surface area (Å²) in [7, 11) is 0. The molecule has 0 aliphatic carbocycles. The van der Waals surface area contributed by atoms with Gasteiger partial charge in [-0.15, -0.1) is 0 Å². The van der Waals surface area contributed by atoms with Crippen molar-refractivity contribution in [1.82, 2.24) is 0 Å². The van der Waals surface area contributed by atoms with Crippen LogP contribution in [0.5, 0.6) is 23.0 Å². The summed E-state index contributed by atoms with van der Waals surface area (Å²) in [5.74, 6) is 2.08. The maximum absolute atomic E-state index is 11.6. The van der Waals surface area contributed by atoms with E-state index in [0.29, 0.717) is 17.2 Å². The summed E-state index contributed by atoms with van der Waals surface area (Å²) in [6.07, 6.45) is 0.246. The normalized spacial score (nSPS) is 11.4. The molecular weight excluding hydrogens is 404 g/mol. The second kappa shape index (κ2) is 10.2. The van der Waals surface area contributed by atoms with Crippen LogP contribution in [0.1, 0.15) is 0 Å². The molecule has 1 atom stereocenters. The van der Waals surface area contributed by atoms with E-state index in [-0.39, 0.29) is 6.61 Å². The lowest BCUT2D eigenvalue weighted by Gasteiger charge is -2.21. The zero-order valence-corrected chi connectivity index (χ0v) is 17.3. The molecule has 0 radical (unpaired) electrons. The number of esters is 1. The molecule has 4 aromatic rings. The number of rotatable bonds is 9. The Hall–Kier alpha value is -4.25. The highest BCUT2D eigenvalue weighted by molar-refractivity contribution is 5.93. The summed E-state index contributed by atoms with van der Waals surface area (Å²) in [5, 5.41) is 1.73. The molecule has 4 rings (SSSR count). The molecule has 5 heteroatoms. The molecule has 0 saturated carbocycles. The predicted octanol–water partition coefficient (Wildman–Crippen LogP) is 6.15. The molecule has 0 saturated heterocycles. The molecule has 0 fully saturated rings. The zero-order valence-electron chi connectivity index (χ0n) is 17.3. The average Bonchev–Trinajstić information content (AvgIpc) is 2.85. The van der Waals surface area contributed by atoms with Gasteiger partial charge in [-0.05, 0) is 36.4 Å². The van der Waals surface area contributed by atoms with Crippen LogP contribution in [0.2, 0.25) is 0 Å². The highest BCUT2D eigenvalue weighted by atomic mass is 16.7. The molecule has 160 valence electrons. The van der Waals surface area contributed by atoms with Gasteiger partial charge in [-0.25, -0.2) is 4.79 Å².